The van der Waals surface area contributed by atoms with E-state index in [1.54, 1.807) is 0 Å². The molecule has 0 aliphatic carbocycles. The van der Waals surface area contributed by atoms with Gasteiger partial charge < -0.3 is 0 Å². The third-order valence-corrected chi connectivity index (χ3v) is 8.49. The van der Waals surface area contributed by atoms with Gasteiger partial charge in [0.15, 0.2) is 5.82 Å². The van der Waals surface area contributed by atoms with Gasteiger partial charge in [-0.3, -0.25) is 4.98 Å². The number of pyridine rings is 3. The SMILES string of the molecule is c1ccc(-c2cc(-c3ccc(-c4nc5ccccc5c5cc6ccc7cccnc7c6nc45)cc3)nc(-c3ccccc3)n2)cc1. The molecule has 4 aromatic heterocycles. The number of para-hydroxylation sites is 1. The first kappa shape index (κ1) is 26.1. The van der Waals surface area contributed by atoms with Crippen LogP contribution in [0.4, 0.5) is 0 Å². The first-order valence-electron chi connectivity index (χ1n) is 15.3. The molecule has 0 aliphatic heterocycles. The van der Waals surface area contributed by atoms with Crippen molar-refractivity contribution in [3.05, 3.63) is 152 Å². The number of hydrogen-bond donors (Lipinski definition) is 0. The normalized spacial score (nSPS) is 11.5. The Bertz CT molecular complexity index is 2510. The fourth-order valence-electron chi connectivity index (χ4n) is 6.20. The van der Waals surface area contributed by atoms with Crippen LogP contribution in [0.15, 0.2) is 152 Å². The highest BCUT2D eigenvalue weighted by molar-refractivity contribution is 6.15. The summed E-state index contributed by atoms with van der Waals surface area (Å²) in [5, 5.41) is 4.28. The summed E-state index contributed by atoms with van der Waals surface area (Å²) < 4.78 is 0. The third kappa shape index (κ3) is 4.45. The Morgan fingerprint density at radius 1 is 0.370 bits per heavy atom. The summed E-state index contributed by atoms with van der Waals surface area (Å²) in [6, 6.07) is 49.7. The predicted octanol–water partition coefficient (Wildman–Crippen LogP) is 9.94. The van der Waals surface area contributed by atoms with Crippen molar-refractivity contribution in [1.82, 2.24) is 24.9 Å². The van der Waals surface area contributed by atoms with Gasteiger partial charge in [-0.2, -0.15) is 0 Å². The van der Waals surface area contributed by atoms with Gasteiger partial charge in [0.2, 0.25) is 0 Å². The molecule has 5 heteroatoms. The number of rotatable bonds is 4. The van der Waals surface area contributed by atoms with Crippen molar-refractivity contribution in [2.24, 2.45) is 0 Å². The third-order valence-electron chi connectivity index (χ3n) is 8.49. The molecule has 0 radical (unpaired) electrons. The van der Waals surface area contributed by atoms with Gasteiger partial charge in [-0.05, 0) is 24.3 Å². The largest absolute Gasteiger partial charge is 0.254 e. The lowest BCUT2D eigenvalue weighted by atomic mass is 10.00. The Balaban J connectivity index is 1.22. The van der Waals surface area contributed by atoms with Gasteiger partial charge in [-0.15, -0.1) is 0 Å². The van der Waals surface area contributed by atoms with Crippen LogP contribution in [-0.2, 0) is 0 Å². The number of fused-ring (bicyclic) bond motifs is 6. The van der Waals surface area contributed by atoms with Gasteiger partial charge in [-0.1, -0.05) is 121 Å². The molecule has 0 unspecified atom stereocenters. The molecule has 0 bridgehead atoms. The molecule has 9 rings (SSSR count). The number of nitrogens with zero attached hydrogens (tertiary/aromatic N) is 5. The maximum absolute atomic E-state index is 5.26. The van der Waals surface area contributed by atoms with Crippen LogP contribution in [0, 0.1) is 0 Å². The number of benzene rings is 5. The van der Waals surface area contributed by atoms with Crippen LogP contribution in [0.1, 0.15) is 0 Å². The van der Waals surface area contributed by atoms with Crippen molar-refractivity contribution >= 4 is 43.6 Å². The zero-order valence-corrected chi connectivity index (χ0v) is 24.7. The summed E-state index contributed by atoms with van der Waals surface area (Å²) in [4.78, 5) is 25.1. The molecule has 0 atom stereocenters. The summed E-state index contributed by atoms with van der Waals surface area (Å²) in [5.74, 6) is 0.695. The van der Waals surface area contributed by atoms with Crippen LogP contribution in [0.5, 0.6) is 0 Å². The molecule has 0 amide bonds. The maximum atomic E-state index is 5.26. The molecule has 9 aromatic rings. The van der Waals surface area contributed by atoms with E-state index >= 15 is 0 Å². The summed E-state index contributed by atoms with van der Waals surface area (Å²) in [7, 11) is 0. The molecule has 5 aromatic carbocycles. The highest BCUT2D eigenvalue weighted by Crippen LogP contribution is 2.36. The van der Waals surface area contributed by atoms with E-state index in [1.807, 2.05) is 66.9 Å². The fourth-order valence-corrected chi connectivity index (χ4v) is 6.20. The Hall–Kier alpha value is -6.33. The van der Waals surface area contributed by atoms with Crippen LogP contribution in [0.25, 0.3) is 88.8 Å². The molecular weight excluding hydrogens is 562 g/mol. The van der Waals surface area contributed by atoms with Crippen LogP contribution in [0.2, 0.25) is 0 Å². The second-order valence-corrected chi connectivity index (χ2v) is 11.3. The first-order chi connectivity index (χ1) is 22.8. The fraction of sp³-hybridized carbons (Fsp3) is 0. The van der Waals surface area contributed by atoms with Gasteiger partial charge in [0.05, 0.1) is 39.1 Å². The second-order valence-electron chi connectivity index (χ2n) is 11.3. The number of aromatic nitrogens is 5. The smallest absolute Gasteiger partial charge is 0.160 e. The minimum Gasteiger partial charge on any atom is -0.254 e. The lowest BCUT2D eigenvalue weighted by Gasteiger charge is -2.12. The predicted molar refractivity (Wildman–Crippen MR) is 187 cm³/mol. The van der Waals surface area contributed by atoms with Crippen molar-refractivity contribution < 1.29 is 0 Å². The number of hydrogen-bond acceptors (Lipinski definition) is 5. The molecule has 0 N–H and O–H groups in total. The summed E-state index contributed by atoms with van der Waals surface area (Å²) in [6.07, 6.45) is 1.82. The summed E-state index contributed by atoms with van der Waals surface area (Å²) >= 11 is 0. The van der Waals surface area contributed by atoms with E-state index in [4.69, 9.17) is 19.9 Å². The van der Waals surface area contributed by atoms with Crippen molar-refractivity contribution in [2.45, 2.75) is 0 Å². The highest BCUT2D eigenvalue weighted by atomic mass is 14.9. The quantitative estimate of drug-likeness (QED) is 0.151. The zero-order valence-electron chi connectivity index (χ0n) is 24.7. The topological polar surface area (TPSA) is 64.5 Å². The van der Waals surface area contributed by atoms with Crippen molar-refractivity contribution in [3.8, 4) is 45.2 Å². The Kier molecular flexibility index (Phi) is 6.06. The van der Waals surface area contributed by atoms with E-state index in [0.29, 0.717) is 5.82 Å². The molecule has 0 saturated heterocycles. The van der Waals surface area contributed by atoms with E-state index in [9.17, 15) is 0 Å². The highest BCUT2D eigenvalue weighted by Gasteiger charge is 2.16. The lowest BCUT2D eigenvalue weighted by Crippen LogP contribution is -1.96. The maximum Gasteiger partial charge on any atom is 0.160 e. The zero-order chi connectivity index (χ0) is 30.5. The van der Waals surface area contributed by atoms with E-state index in [-0.39, 0.29) is 0 Å². The monoisotopic (exact) mass is 587 g/mol. The molecule has 46 heavy (non-hydrogen) atoms. The van der Waals surface area contributed by atoms with E-state index < -0.39 is 0 Å². The first-order valence-corrected chi connectivity index (χ1v) is 15.3. The van der Waals surface area contributed by atoms with Crippen LogP contribution in [0.3, 0.4) is 0 Å². The molecule has 0 spiro atoms. The second kappa shape index (κ2) is 10.7. The van der Waals surface area contributed by atoms with Crippen LogP contribution < -0.4 is 0 Å². The Morgan fingerprint density at radius 3 is 1.80 bits per heavy atom. The molecule has 0 saturated carbocycles. The Labute approximate surface area is 264 Å². The van der Waals surface area contributed by atoms with Gasteiger partial charge >= 0.3 is 0 Å². The molecular formula is C41H25N5. The molecule has 4 heterocycles. The molecule has 0 fully saturated rings. The Morgan fingerprint density at radius 2 is 1.02 bits per heavy atom. The average Bonchev–Trinajstić information content (AvgIpc) is 3.14. The van der Waals surface area contributed by atoms with Crippen LogP contribution >= 0.6 is 0 Å². The van der Waals surface area contributed by atoms with Crippen molar-refractivity contribution in [3.63, 3.8) is 0 Å². The van der Waals surface area contributed by atoms with E-state index in [0.717, 1.165) is 82.9 Å². The van der Waals surface area contributed by atoms with Crippen molar-refractivity contribution in [2.75, 3.05) is 0 Å². The lowest BCUT2D eigenvalue weighted by molar-refractivity contribution is 1.18. The molecule has 214 valence electrons. The van der Waals surface area contributed by atoms with E-state index in [2.05, 4.69) is 89.9 Å². The van der Waals surface area contributed by atoms with Crippen LogP contribution in [-0.4, -0.2) is 24.9 Å². The van der Waals surface area contributed by atoms with Gasteiger partial charge in [0, 0.05) is 50.0 Å². The minimum atomic E-state index is 0.695. The van der Waals surface area contributed by atoms with Gasteiger partial charge in [0.25, 0.3) is 0 Å². The van der Waals surface area contributed by atoms with Gasteiger partial charge in [-0.25, -0.2) is 19.9 Å². The average molecular weight is 588 g/mol. The van der Waals surface area contributed by atoms with Gasteiger partial charge in [0.1, 0.15) is 0 Å². The summed E-state index contributed by atoms with van der Waals surface area (Å²) in [6.45, 7) is 0. The standard InChI is InChI=1S/C41H25N5/c1-3-10-26(11-4-1)35-25-36(45-41(44-35)30-12-5-2-6-13-30)27-17-19-29(20-18-27)38-40-33(32-15-7-8-16-34(32)43-38)24-31-22-21-28-14-9-23-42-37(28)39(31)46-40/h1-25H. The summed E-state index contributed by atoms with van der Waals surface area (Å²) in [5.41, 5.74) is 10.2. The molecule has 5 nitrogen and oxygen atoms in total. The molecule has 0 aliphatic rings. The van der Waals surface area contributed by atoms with E-state index in [1.165, 1.54) is 0 Å². The minimum absolute atomic E-state index is 0.695. The van der Waals surface area contributed by atoms with Crippen molar-refractivity contribution in [1.29, 1.82) is 0 Å².